The topological polar surface area (TPSA) is 9.23 Å². The number of unbranched alkanes of at least 4 members (excludes halogenated alkanes) is 2. The van der Waals surface area contributed by atoms with Crippen molar-refractivity contribution in [2.45, 2.75) is 60.3 Å². The SMILES string of the molecule is CC.CC.COCCCCCc1ccc(C)cc1. The third-order valence-electron chi connectivity index (χ3n) is 2.43. The quantitative estimate of drug-likeness (QED) is 0.615. The van der Waals surface area contributed by atoms with Crippen LogP contribution in [0.15, 0.2) is 24.3 Å². The molecule has 0 saturated heterocycles. The maximum atomic E-state index is 5.01. The van der Waals surface area contributed by atoms with Gasteiger partial charge in [0.1, 0.15) is 0 Å². The van der Waals surface area contributed by atoms with E-state index in [2.05, 4.69) is 31.2 Å². The van der Waals surface area contributed by atoms with Crippen LogP contribution in [0.5, 0.6) is 0 Å². The highest BCUT2D eigenvalue weighted by Gasteiger charge is 1.93. The largest absolute Gasteiger partial charge is 0.385 e. The van der Waals surface area contributed by atoms with Crippen LogP contribution in [0.25, 0.3) is 0 Å². The predicted octanol–water partition coefficient (Wildman–Crippen LogP) is 5.41. The Bertz CT molecular complexity index is 238. The molecule has 0 saturated carbocycles. The second kappa shape index (κ2) is 16.2. The summed E-state index contributed by atoms with van der Waals surface area (Å²) in [4.78, 5) is 0. The van der Waals surface area contributed by atoms with Gasteiger partial charge in [-0.05, 0) is 31.7 Å². The first-order chi connectivity index (χ1) is 8.83. The summed E-state index contributed by atoms with van der Waals surface area (Å²) in [5.41, 5.74) is 2.79. The van der Waals surface area contributed by atoms with Crippen molar-refractivity contribution in [2.75, 3.05) is 13.7 Å². The van der Waals surface area contributed by atoms with Gasteiger partial charge in [-0.2, -0.15) is 0 Å². The van der Waals surface area contributed by atoms with Crippen LogP contribution in [0.3, 0.4) is 0 Å². The van der Waals surface area contributed by atoms with E-state index in [4.69, 9.17) is 4.74 Å². The van der Waals surface area contributed by atoms with Crippen molar-refractivity contribution < 1.29 is 4.74 Å². The Morgan fingerprint density at radius 3 is 1.89 bits per heavy atom. The standard InChI is InChI=1S/C13H20O.2C2H6/c1-12-7-9-13(10-8-12)6-4-3-5-11-14-2;2*1-2/h7-10H,3-6,11H2,1-2H3;2*1-2H3. The Morgan fingerprint density at radius 1 is 0.833 bits per heavy atom. The molecular weight excluding hydrogens is 220 g/mol. The van der Waals surface area contributed by atoms with Crippen LogP contribution in [0.4, 0.5) is 0 Å². The number of aryl methyl sites for hydroxylation is 2. The van der Waals surface area contributed by atoms with E-state index >= 15 is 0 Å². The highest BCUT2D eigenvalue weighted by molar-refractivity contribution is 5.21. The zero-order chi connectivity index (χ0) is 14.2. The van der Waals surface area contributed by atoms with E-state index in [1.807, 2.05) is 27.7 Å². The molecule has 0 unspecified atom stereocenters. The van der Waals surface area contributed by atoms with E-state index in [9.17, 15) is 0 Å². The van der Waals surface area contributed by atoms with E-state index in [0.29, 0.717) is 0 Å². The van der Waals surface area contributed by atoms with Gasteiger partial charge >= 0.3 is 0 Å². The summed E-state index contributed by atoms with van der Waals surface area (Å²) in [6, 6.07) is 8.83. The summed E-state index contributed by atoms with van der Waals surface area (Å²) in [6.07, 6.45) is 4.92. The number of methoxy groups -OCH3 is 1. The van der Waals surface area contributed by atoms with E-state index in [0.717, 1.165) is 6.61 Å². The normalized spacial score (nSPS) is 8.78. The van der Waals surface area contributed by atoms with Crippen molar-refractivity contribution in [3.05, 3.63) is 35.4 Å². The molecule has 106 valence electrons. The molecule has 0 aliphatic carbocycles. The highest BCUT2D eigenvalue weighted by Crippen LogP contribution is 2.08. The number of hydrogen-bond acceptors (Lipinski definition) is 1. The third kappa shape index (κ3) is 11.7. The van der Waals surface area contributed by atoms with Gasteiger partial charge < -0.3 is 4.74 Å². The van der Waals surface area contributed by atoms with Crippen LogP contribution in [-0.2, 0) is 11.2 Å². The molecule has 1 aromatic rings. The molecule has 0 fully saturated rings. The minimum absolute atomic E-state index is 0.897. The summed E-state index contributed by atoms with van der Waals surface area (Å²) in [5, 5.41) is 0. The van der Waals surface area contributed by atoms with Crippen LogP contribution in [-0.4, -0.2) is 13.7 Å². The van der Waals surface area contributed by atoms with Gasteiger partial charge in [-0.25, -0.2) is 0 Å². The molecule has 1 heteroatoms. The summed E-state index contributed by atoms with van der Waals surface area (Å²) in [5.74, 6) is 0. The lowest BCUT2D eigenvalue weighted by Gasteiger charge is -2.02. The Hall–Kier alpha value is -0.820. The van der Waals surface area contributed by atoms with Crippen LogP contribution >= 0.6 is 0 Å². The summed E-state index contributed by atoms with van der Waals surface area (Å²) in [6.45, 7) is 11.0. The molecule has 0 amide bonds. The lowest BCUT2D eigenvalue weighted by Crippen LogP contribution is -1.90. The maximum Gasteiger partial charge on any atom is 0.0462 e. The van der Waals surface area contributed by atoms with Crippen molar-refractivity contribution >= 4 is 0 Å². The fraction of sp³-hybridized carbons (Fsp3) is 0.647. The minimum Gasteiger partial charge on any atom is -0.385 e. The number of hydrogen-bond donors (Lipinski definition) is 0. The molecule has 1 rings (SSSR count). The lowest BCUT2D eigenvalue weighted by atomic mass is 10.1. The maximum absolute atomic E-state index is 5.01. The first-order valence-corrected chi connectivity index (χ1v) is 7.37. The molecule has 18 heavy (non-hydrogen) atoms. The monoisotopic (exact) mass is 252 g/mol. The zero-order valence-corrected chi connectivity index (χ0v) is 13.3. The molecule has 0 aliphatic heterocycles. The van der Waals surface area contributed by atoms with E-state index in [1.54, 1.807) is 7.11 Å². The van der Waals surface area contributed by atoms with Gasteiger partial charge in [0.05, 0.1) is 0 Å². The molecular formula is C17H32O. The summed E-state index contributed by atoms with van der Waals surface area (Å²) >= 11 is 0. The van der Waals surface area contributed by atoms with E-state index in [-0.39, 0.29) is 0 Å². The van der Waals surface area contributed by atoms with Gasteiger partial charge in [0.15, 0.2) is 0 Å². The average molecular weight is 252 g/mol. The lowest BCUT2D eigenvalue weighted by molar-refractivity contribution is 0.192. The third-order valence-corrected chi connectivity index (χ3v) is 2.43. The zero-order valence-electron chi connectivity index (χ0n) is 13.3. The molecule has 0 heterocycles. The molecule has 0 N–H and O–H groups in total. The molecule has 0 bridgehead atoms. The van der Waals surface area contributed by atoms with Crippen molar-refractivity contribution in [3.8, 4) is 0 Å². The molecule has 0 spiro atoms. The summed E-state index contributed by atoms with van der Waals surface area (Å²) < 4.78 is 5.01. The Kier molecular flexibility index (Phi) is 17.5. The molecule has 0 aromatic heterocycles. The van der Waals surface area contributed by atoms with Gasteiger partial charge in [0.2, 0.25) is 0 Å². The smallest absolute Gasteiger partial charge is 0.0462 e. The number of rotatable bonds is 6. The Balaban J connectivity index is 0. The second-order valence-corrected chi connectivity index (χ2v) is 3.79. The molecule has 1 nitrogen and oxygen atoms in total. The van der Waals surface area contributed by atoms with E-state index < -0.39 is 0 Å². The number of benzene rings is 1. The first-order valence-electron chi connectivity index (χ1n) is 7.37. The van der Waals surface area contributed by atoms with Crippen molar-refractivity contribution in [1.29, 1.82) is 0 Å². The molecule has 0 aliphatic rings. The van der Waals surface area contributed by atoms with Gasteiger partial charge in [-0.3, -0.25) is 0 Å². The van der Waals surface area contributed by atoms with Crippen molar-refractivity contribution in [1.82, 2.24) is 0 Å². The second-order valence-electron chi connectivity index (χ2n) is 3.79. The highest BCUT2D eigenvalue weighted by atomic mass is 16.5. The fourth-order valence-electron chi connectivity index (χ4n) is 1.51. The molecule has 1 aromatic carbocycles. The van der Waals surface area contributed by atoms with Crippen LogP contribution in [0.2, 0.25) is 0 Å². The first kappa shape index (κ1) is 19.5. The van der Waals surface area contributed by atoms with Crippen LogP contribution in [0, 0.1) is 6.92 Å². The van der Waals surface area contributed by atoms with Crippen LogP contribution in [0.1, 0.15) is 58.1 Å². The Labute approximate surface area is 115 Å². The van der Waals surface area contributed by atoms with Gasteiger partial charge in [0, 0.05) is 13.7 Å². The minimum atomic E-state index is 0.897. The van der Waals surface area contributed by atoms with E-state index in [1.165, 1.54) is 36.8 Å². The average Bonchev–Trinajstić information content (AvgIpc) is 2.45. The number of ether oxygens (including phenoxy) is 1. The van der Waals surface area contributed by atoms with Crippen molar-refractivity contribution in [2.24, 2.45) is 0 Å². The van der Waals surface area contributed by atoms with Crippen LogP contribution < -0.4 is 0 Å². The Morgan fingerprint density at radius 2 is 1.39 bits per heavy atom. The predicted molar refractivity (Wildman–Crippen MR) is 83.3 cm³/mol. The molecule has 0 atom stereocenters. The van der Waals surface area contributed by atoms with Gasteiger partial charge in [0.25, 0.3) is 0 Å². The fourth-order valence-corrected chi connectivity index (χ4v) is 1.51. The summed E-state index contributed by atoms with van der Waals surface area (Å²) in [7, 11) is 1.76. The van der Waals surface area contributed by atoms with Crippen molar-refractivity contribution in [3.63, 3.8) is 0 Å². The molecule has 0 radical (unpaired) electrons. The van der Waals surface area contributed by atoms with Gasteiger partial charge in [-0.15, -0.1) is 0 Å². The van der Waals surface area contributed by atoms with Gasteiger partial charge in [-0.1, -0.05) is 63.9 Å².